The molecule has 3 amide bonds. The van der Waals surface area contributed by atoms with E-state index in [2.05, 4.69) is 0 Å². The van der Waals surface area contributed by atoms with Crippen molar-refractivity contribution in [2.24, 2.45) is 17.6 Å². The van der Waals surface area contributed by atoms with E-state index >= 15 is 0 Å². The minimum absolute atomic E-state index is 0.0664. The van der Waals surface area contributed by atoms with E-state index in [9.17, 15) is 14.4 Å². The Morgan fingerprint density at radius 2 is 1.92 bits per heavy atom. The second kappa shape index (κ2) is 2.55. The number of amides is 3. The van der Waals surface area contributed by atoms with Crippen molar-refractivity contribution in [3.8, 4) is 0 Å². The molecule has 0 aromatic rings. The fourth-order valence-corrected chi connectivity index (χ4v) is 1.69. The van der Waals surface area contributed by atoms with Gasteiger partial charge in [0.1, 0.15) is 0 Å². The van der Waals surface area contributed by atoms with Gasteiger partial charge in [0.2, 0.25) is 17.7 Å². The molecule has 2 atom stereocenters. The highest BCUT2D eigenvalue weighted by Gasteiger charge is 2.58. The molecule has 5 heteroatoms. The molecule has 2 unspecified atom stereocenters. The molecule has 0 radical (unpaired) electrons. The molecule has 1 aliphatic carbocycles. The van der Waals surface area contributed by atoms with Gasteiger partial charge in [0.05, 0.1) is 11.8 Å². The number of carbonyl (C=O) groups is 3. The van der Waals surface area contributed by atoms with Gasteiger partial charge in [-0.3, -0.25) is 19.3 Å². The Balaban J connectivity index is 1.96. The molecule has 13 heavy (non-hydrogen) atoms. The van der Waals surface area contributed by atoms with Crippen LogP contribution in [0.15, 0.2) is 0 Å². The van der Waals surface area contributed by atoms with Gasteiger partial charge >= 0.3 is 0 Å². The summed E-state index contributed by atoms with van der Waals surface area (Å²) in [6.07, 6.45) is 0.766. The maximum atomic E-state index is 11.3. The predicted molar refractivity (Wildman–Crippen MR) is 42.1 cm³/mol. The second-order valence-electron chi connectivity index (χ2n) is 3.49. The zero-order valence-corrected chi connectivity index (χ0v) is 7.03. The van der Waals surface area contributed by atoms with E-state index in [-0.39, 0.29) is 36.6 Å². The standard InChI is InChI=1S/C8H10N2O3/c9-6(11)1-2-10-7(12)4-3-5(4)8(10)13/h4-5H,1-3H2,(H2,9,11). The summed E-state index contributed by atoms with van der Waals surface area (Å²) in [6.45, 7) is 0.153. The summed E-state index contributed by atoms with van der Waals surface area (Å²) in [5.41, 5.74) is 4.92. The molecule has 2 aliphatic rings. The summed E-state index contributed by atoms with van der Waals surface area (Å²) in [5, 5.41) is 0. The van der Waals surface area contributed by atoms with Crippen LogP contribution >= 0.6 is 0 Å². The van der Waals surface area contributed by atoms with Crippen molar-refractivity contribution in [1.29, 1.82) is 0 Å². The maximum Gasteiger partial charge on any atom is 0.233 e. The van der Waals surface area contributed by atoms with Crippen LogP contribution in [0.3, 0.4) is 0 Å². The molecule has 1 saturated heterocycles. The molecule has 0 aromatic heterocycles. The lowest BCUT2D eigenvalue weighted by atomic mass is 10.3. The number of nitrogens with two attached hydrogens (primary N) is 1. The molecule has 0 spiro atoms. The van der Waals surface area contributed by atoms with Crippen molar-refractivity contribution < 1.29 is 14.4 Å². The van der Waals surface area contributed by atoms with Crippen LogP contribution in [0, 0.1) is 11.8 Å². The van der Waals surface area contributed by atoms with E-state index < -0.39 is 5.91 Å². The quantitative estimate of drug-likeness (QED) is 0.560. The third kappa shape index (κ3) is 1.20. The van der Waals surface area contributed by atoms with Crippen LogP contribution in [0.1, 0.15) is 12.8 Å². The third-order valence-electron chi connectivity index (χ3n) is 2.54. The lowest BCUT2D eigenvalue weighted by molar-refractivity contribution is -0.141. The molecular formula is C8H10N2O3. The van der Waals surface area contributed by atoms with Gasteiger partial charge in [-0.25, -0.2) is 0 Å². The summed E-state index contributed by atoms with van der Waals surface area (Å²) >= 11 is 0. The van der Waals surface area contributed by atoms with Gasteiger partial charge < -0.3 is 5.73 Å². The first-order chi connectivity index (χ1) is 6.11. The Hall–Kier alpha value is -1.39. The van der Waals surface area contributed by atoms with Gasteiger partial charge in [-0.05, 0) is 6.42 Å². The molecule has 2 N–H and O–H groups in total. The van der Waals surface area contributed by atoms with Crippen molar-refractivity contribution in [3.63, 3.8) is 0 Å². The average molecular weight is 182 g/mol. The number of nitrogens with zero attached hydrogens (tertiary/aromatic N) is 1. The van der Waals surface area contributed by atoms with Gasteiger partial charge in [-0.1, -0.05) is 0 Å². The molecular weight excluding hydrogens is 172 g/mol. The van der Waals surface area contributed by atoms with Gasteiger partial charge in [0, 0.05) is 13.0 Å². The molecule has 2 fully saturated rings. The molecule has 0 aromatic carbocycles. The van der Waals surface area contributed by atoms with Crippen LogP contribution < -0.4 is 5.73 Å². The molecule has 1 aliphatic heterocycles. The number of rotatable bonds is 3. The van der Waals surface area contributed by atoms with E-state index in [4.69, 9.17) is 5.73 Å². The minimum Gasteiger partial charge on any atom is -0.370 e. The summed E-state index contributed by atoms with van der Waals surface area (Å²) in [7, 11) is 0. The van der Waals surface area contributed by atoms with Crippen molar-refractivity contribution in [2.45, 2.75) is 12.8 Å². The van der Waals surface area contributed by atoms with E-state index in [0.717, 1.165) is 4.90 Å². The monoisotopic (exact) mass is 182 g/mol. The number of carbonyl (C=O) groups excluding carboxylic acids is 3. The number of imide groups is 1. The van der Waals surface area contributed by atoms with E-state index in [0.29, 0.717) is 6.42 Å². The maximum absolute atomic E-state index is 11.3. The summed E-state index contributed by atoms with van der Waals surface area (Å²) in [4.78, 5) is 34.2. The normalized spacial score (nSPS) is 30.6. The van der Waals surface area contributed by atoms with Crippen LogP contribution in [0.5, 0.6) is 0 Å². The summed E-state index contributed by atoms with van der Waals surface area (Å²) < 4.78 is 0. The molecule has 5 nitrogen and oxygen atoms in total. The fraction of sp³-hybridized carbons (Fsp3) is 0.625. The lowest BCUT2D eigenvalue weighted by Gasteiger charge is -2.14. The first kappa shape index (κ1) is 8.22. The van der Waals surface area contributed by atoms with Crippen LogP contribution in [-0.2, 0) is 14.4 Å². The highest BCUT2D eigenvalue weighted by Crippen LogP contribution is 2.46. The molecule has 2 rings (SSSR count). The van der Waals surface area contributed by atoms with Gasteiger partial charge in [0.15, 0.2) is 0 Å². The first-order valence-electron chi connectivity index (χ1n) is 4.25. The topological polar surface area (TPSA) is 80.5 Å². The van der Waals surface area contributed by atoms with Crippen LogP contribution in [0.2, 0.25) is 0 Å². The van der Waals surface area contributed by atoms with Gasteiger partial charge in [0.25, 0.3) is 0 Å². The lowest BCUT2D eigenvalue weighted by Crippen LogP contribution is -2.35. The second-order valence-corrected chi connectivity index (χ2v) is 3.49. The highest BCUT2D eigenvalue weighted by atomic mass is 16.2. The number of primary amides is 1. The van der Waals surface area contributed by atoms with Gasteiger partial charge in [-0.15, -0.1) is 0 Å². The van der Waals surface area contributed by atoms with Crippen molar-refractivity contribution in [3.05, 3.63) is 0 Å². The average Bonchev–Trinajstić information content (AvgIpc) is 2.77. The summed E-state index contributed by atoms with van der Waals surface area (Å²) in [6, 6.07) is 0. The fourth-order valence-electron chi connectivity index (χ4n) is 1.69. The minimum atomic E-state index is -0.485. The van der Waals surface area contributed by atoms with Gasteiger partial charge in [-0.2, -0.15) is 0 Å². The number of hydrogen-bond donors (Lipinski definition) is 1. The SMILES string of the molecule is NC(=O)CCN1C(=O)C2CC2C1=O. The van der Waals surface area contributed by atoms with Crippen LogP contribution in [0.4, 0.5) is 0 Å². The smallest absolute Gasteiger partial charge is 0.233 e. The van der Waals surface area contributed by atoms with E-state index in [1.165, 1.54) is 0 Å². The Morgan fingerprint density at radius 1 is 1.38 bits per heavy atom. The number of likely N-dealkylation sites (tertiary alicyclic amines) is 1. The number of fused-ring (bicyclic) bond motifs is 1. The zero-order valence-electron chi connectivity index (χ0n) is 7.03. The Morgan fingerprint density at radius 3 is 2.38 bits per heavy atom. The van der Waals surface area contributed by atoms with Crippen LogP contribution in [-0.4, -0.2) is 29.2 Å². The number of hydrogen-bond acceptors (Lipinski definition) is 3. The van der Waals surface area contributed by atoms with Crippen LogP contribution in [0.25, 0.3) is 0 Å². The Bertz CT molecular complexity index is 280. The number of piperidine rings is 1. The Kier molecular flexibility index (Phi) is 1.61. The first-order valence-corrected chi connectivity index (χ1v) is 4.25. The zero-order chi connectivity index (χ0) is 9.59. The Labute approximate surface area is 74.9 Å². The summed E-state index contributed by atoms with van der Waals surface area (Å²) in [5.74, 6) is -0.908. The van der Waals surface area contributed by atoms with Crippen molar-refractivity contribution in [1.82, 2.24) is 4.90 Å². The molecule has 1 heterocycles. The van der Waals surface area contributed by atoms with Crippen molar-refractivity contribution in [2.75, 3.05) is 6.54 Å². The molecule has 0 bridgehead atoms. The highest BCUT2D eigenvalue weighted by molar-refractivity contribution is 6.09. The third-order valence-corrected chi connectivity index (χ3v) is 2.54. The largest absolute Gasteiger partial charge is 0.370 e. The van der Waals surface area contributed by atoms with Crippen molar-refractivity contribution >= 4 is 17.7 Å². The van der Waals surface area contributed by atoms with E-state index in [1.54, 1.807) is 0 Å². The molecule has 1 saturated carbocycles. The van der Waals surface area contributed by atoms with E-state index in [1.807, 2.05) is 0 Å². The molecule has 70 valence electrons. The predicted octanol–water partition coefficient (Wildman–Crippen LogP) is -1.13.